The van der Waals surface area contributed by atoms with Crippen LogP contribution in [0, 0.1) is 0 Å². The fourth-order valence-corrected chi connectivity index (χ4v) is 3.71. The number of aromatic carboxylic acids is 1. The van der Waals surface area contributed by atoms with Gasteiger partial charge in [0.25, 0.3) is 0 Å². The van der Waals surface area contributed by atoms with Gasteiger partial charge >= 0.3 is 5.97 Å². The molecule has 2 aromatic heterocycles. The van der Waals surface area contributed by atoms with Crippen molar-refractivity contribution in [1.82, 2.24) is 0 Å². The second kappa shape index (κ2) is 3.05. The molecule has 0 amide bonds. The van der Waals surface area contributed by atoms with Crippen LogP contribution in [-0.2, 0) is 0 Å². The second-order valence-corrected chi connectivity index (χ2v) is 5.06. The van der Waals surface area contributed by atoms with Crippen LogP contribution in [0.5, 0.6) is 0 Å². The average Bonchev–Trinajstić information content (AvgIpc) is 2.83. The summed E-state index contributed by atoms with van der Waals surface area (Å²) in [5.41, 5.74) is 0.400. The number of rotatable bonds is 1. The summed E-state index contributed by atoms with van der Waals surface area (Å²) in [5, 5.41) is 14.9. The van der Waals surface area contributed by atoms with E-state index >= 15 is 0 Å². The summed E-state index contributed by atoms with van der Waals surface area (Å²) in [7, 11) is 0. The van der Waals surface area contributed by atoms with Gasteiger partial charge < -0.3 is 5.11 Å². The van der Waals surface area contributed by atoms with E-state index < -0.39 is 5.97 Å². The molecule has 74 valence electrons. The zero-order valence-electron chi connectivity index (χ0n) is 7.56. The molecule has 0 spiro atoms. The van der Waals surface area contributed by atoms with E-state index in [1.54, 1.807) is 28.7 Å². The molecule has 3 aromatic rings. The van der Waals surface area contributed by atoms with E-state index in [0.717, 1.165) is 15.5 Å². The molecule has 0 saturated carbocycles. The highest BCUT2D eigenvalue weighted by Gasteiger charge is 2.13. The molecule has 0 bridgehead atoms. The third-order valence-corrected chi connectivity index (χ3v) is 4.40. The van der Waals surface area contributed by atoms with E-state index in [0.29, 0.717) is 5.56 Å². The van der Waals surface area contributed by atoms with Gasteiger partial charge in [-0.1, -0.05) is 0 Å². The van der Waals surface area contributed by atoms with Crippen LogP contribution >= 0.6 is 22.7 Å². The molecule has 0 aliphatic rings. The van der Waals surface area contributed by atoms with Crippen molar-refractivity contribution >= 4 is 48.8 Å². The largest absolute Gasteiger partial charge is 0.478 e. The van der Waals surface area contributed by atoms with Crippen molar-refractivity contribution in [2.24, 2.45) is 0 Å². The summed E-state index contributed by atoms with van der Waals surface area (Å²) >= 11 is 3.26. The van der Waals surface area contributed by atoms with Gasteiger partial charge in [0.1, 0.15) is 0 Å². The zero-order valence-corrected chi connectivity index (χ0v) is 9.19. The number of benzene rings is 1. The Balaban J connectivity index is 2.59. The minimum absolute atomic E-state index is 0.400. The average molecular weight is 234 g/mol. The van der Waals surface area contributed by atoms with Crippen molar-refractivity contribution in [3.8, 4) is 0 Å². The van der Waals surface area contributed by atoms with E-state index in [1.165, 1.54) is 4.70 Å². The van der Waals surface area contributed by atoms with Gasteiger partial charge in [-0.25, -0.2) is 4.79 Å². The maximum absolute atomic E-state index is 11.1. The van der Waals surface area contributed by atoms with Gasteiger partial charge in [0, 0.05) is 5.39 Å². The van der Waals surface area contributed by atoms with Gasteiger partial charge in [-0.2, -0.15) is 0 Å². The highest BCUT2D eigenvalue weighted by molar-refractivity contribution is 7.25. The lowest BCUT2D eigenvalue weighted by atomic mass is 10.1. The zero-order chi connectivity index (χ0) is 10.4. The molecule has 0 radical (unpaired) electrons. The summed E-state index contributed by atoms with van der Waals surface area (Å²) in [4.78, 5) is 11.1. The molecule has 0 fully saturated rings. The first-order chi connectivity index (χ1) is 7.27. The first kappa shape index (κ1) is 8.88. The lowest BCUT2D eigenvalue weighted by molar-refractivity contribution is 0.0699. The number of carboxylic acids is 1. The standard InChI is InChI=1S/C11H6O2S2/c12-11(13)8-5-6-1-3-14-9(6)10-7(8)2-4-15-10/h1-5H,(H,12,13). The number of carboxylic acid groups (broad SMARTS) is 1. The Kier molecular flexibility index (Phi) is 1.81. The predicted molar refractivity (Wildman–Crippen MR) is 64.2 cm³/mol. The molecule has 2 heterocycles. The van der Waals surface area contributed by atoms with Gasteiger partial charge in [-0.15, -0.1) is 22.7 Å². The molecule has 3 rings (SSSR count). The van der Waals surface area contributed by atoms with Crippen molar-refractivity contribution in [1.29, 1.82) is 0 Å². The molecule has 0 atom stereocenters. The molecule has 4 heteroatoms. The Labute approximate surface area is 93.4 Å². The Morgan fingerprint density at radius 2 is 1.87 bits per heavy atom. The molecular weight excluding hydrogens is 228 g/mol. The Morgan fingerprint density at radius 3 is 2.67 bits per heavy atom. The second-order valence-electron chi connectivity index (χ2n) is 3.23. The quantitative estimate of drug-likeness (QED) is 0.695. The molecule has 1 aromatic carbocycles. The van der Waals surface area contributed by atoms with Crippen LogP contribution in [0.15, 0.2) is 29.0 Å². The fourth-order valence-electron chi connectivity index (χ4n) is 1.72. The SMILES string of the molecule is O=C(O)c1cc2ccsc2c2sccc12. The van der Waals surface area contributed by atoms with Crippen LogP contribution in [0.4, 0.5) is 0 Å². The predicted octanol–water partition coefficient (Wildman–Crippen LogP) is 3.81. The summed E-state index contributed by atoms with van der Waals surface area (Å²) in [6, 6.07) is 5.59. The van der Waals surface area contributed by atoms with Crippen LogP contribution in [0.3, 0.4) is 0 Å². The van der Waals surface area contributed by atoms with Crippen LogP contribution in [0.25, 0.3) is 20.2 Å². The van der Waals surface area contributed by atoms with Crippen molar-refractivity contribution in [3.63, 3.8) is 0 Å². The summed E-state index contributed by atoms with van der Waals surface area (Å²) < 4.78 is 2.27. The van der Waals surface area contributed by atoms with Crippen molar-refractivity contribution in [2.45, 2.75) is 0 Å². The van der Waals surface area contributed by atoms with Crippen LogP contribution in [0.1, 0.15) is 10.4 Å². The molecule has 0 unspecified atom stereocenters. The molecule has 0 aliphatic heterocycles. The van der Waals surface area contributed by atoms with Crippen molar-refractivity contribution in [2.75, 3.05) is 0 Å². The van der Waals surface area contributed by atoms with E-state index in [-0.39, 0.29) is 0 Å². The Hall–Kier alpha value is -1.39. The van der Waals surface area contributed by atoms with E-state index in [9.17, 15) is 4.79 Å². The monoisotopic (exact) mass is 234 g/mol. The van der Waals surface area contributed by atoms with Crippen molar-refractivity contribution < 1.29 is 9.90 Å². The molecule has 1 N–H and O–H groups in total. The van der Waals surface area contributed by atoms with E-state index in [1.807, 2.05) is 22.9 Å². The number of carbonyl (C=O) groups is 1. The minimum Gasteiger partial charge on any atom is -0.478 e. The van der Waals surface area contributed by atoms with Gasteiger partial charge in [0.2, 0.25) is 0 Å². The highest BCUT2D eigenvalue weighted by Crippen LogP contribution is 2.35. The number of fused-ring (bicyclic) bond motifs is 3. The lowest BCUT2D eigenvalue weighted by Gasteiger charge is -1.98. The van der Waals surface area contributed by atoms with Gasteiger partial charge in [-0.3, -0.25) is 0 Å². The molecule has 15 heavy (non-hydrogen) atoms. The number of thiophene rings is 2. The van der Waals surface area contributed by atoms with Gasteiger partial charge in [-0.05, 0) is 34.3 Å². The van der Waals surface area contributed by atoms with E-state index in [2.05, 4.69) is 0 Å². The molecular formula is C11H6O2S2. The number of hydrogen-bond acceptors (Lipinski definition) is 3. The number of hydrogen-bond donors (Lipinski definition) is 1. The maximum Gasteiger partial charge on any atom is 0.336 e. The van der Waals surface area contributed by atoms with Gasteiger partial charge in [0.05, 0.1) is 15.0 Å². The minimum atomic E-state index is -0.855. The summed E-state index contributed by atoms with van der Waals surface area (Å²) in [6.07, 6.45) is 0. The smallest absolute Gasteiger partial charge is 0.336 e. The Morgan fingerprint density at radius 1 is 1.13 bits per heavy atom. The van der Waals surface area contributed by atoms with Crippen molar-refractivity contribution in [3.05, 3.63) is 34.5 Å². The Bertz CT molecular complexity index is 663. The lowest BCUT2D eigenvalue weighted by Crippen LogP contribution is -1.95. The molecule has 0 saturated heterocycles. The first-order valence-electron chi connectivity index (χ1n) is 4.38. The third-order valence-electron chi connectivity index (χ3n) is 2.39. The summed E-state index contributed by atoms with van der Waals surface area (Å²) in [6.45, 7) is 0. The highest BCUT2D eigenvalue weighted by atomic mass is 32.1. The van der Waals surface area contributed by atoms with Gasteiger partial charge in [0.15, 0.2) is 0 Å². The normalized spacial score (nSPS) is 11.2. The third kappa shape index (κ3) is 1.19. The maximum atomic E-state index is 11.1. The van der Waals surface area contributed by atoms with Crippen LogP contribution < -0.4 is 0 Å². The van der Waals surface area contributed by atoms with E-state index in [4.69, 9.17) is 5.11 Å². The first-order valence-corrected chi connectivity index (χ1v) is 6.14. The molecule has 2 nitrogen and oxygen atoms in total. The molecule has 0 aliphatic carbocycles. The topological polar surface area (TPSA) is 37.3 Å². The van der Waals surface area contributed by atoms with Crippen LogP contribution in [-0.4, -0.2) is 11.1 Å². The van der Waals surface area contributed by atoms with Crippen LogP contribution in [0.2, 0.25) is 0 Å². The summed E-state index contributed by atoms with van der Waals surface area (Å²) in [5.74, 6) is -0.855. The fraction of sp³-hybridized carbons (Fsp3) is 0.